The van der Waals surface area contributed by atoms with Gasteiger partial charge in [0.15, 0.2) is 0 Å². The summed E-state index contributed by atoms with van der Waals surface area (Å²) in [6.45, 7) is 5.07. The molecule has 146 valence electrons. The lowest BCUT2D eigenvalue weighted by atomic mass is 9.96. The van der Waals surface area contributed by atoms with Gasteiger partial charge in [0.1, 0.15) is 5.75 Å². The molecular formula is C14H17N5O6S2. The van der Waals surface area contributed by atoms with Gasteiger partial charge in [-0.25, -0.2) is 0 Å². The van der Waals surface area contributed by atoms with Crippen LogP contribution in [-0.2, 0) is 14.8 Å². The average Bonchev–Trinajstić information content (AvgIpc) is 3.03. The number of non-ortho nitro benzene ring substituents is 1. The summed E-state index contributed by atoms with van der Waals surface area (Å²) in [6, 6.07) is 3.48. The van der Waals surface area contributed by atoms with Gasteiger partial charge < -0.3 is 10.1 Å². The zero-order valence-electron chi connectivity index (χ0n) is 14.8. The zero-order chi connectivity index (χ0) is 20.4. The van der Waals surface area contributed by atoms with E-state index in [9.17, 15) is 23.3 Å². The van der Waals surface area contributed by atoms with Crippen molar-refractivity contribution >= 4 is 43.8 Å². The second-order valence-corrected chi connectivity index (χ2v) is 9.16. The molecule has 0 fully saturated rings. The summed E-state index contributed by atoms with van der Waals surface area (Å²) in [5, 5.41) is 20.6. The molecule has 1 heterocycles. The third kappa shape index (κ3) is 4.89. The number of nitro benzene ring substituents is 1. The first-order valence-corrected chi connectivity index (χ1v) is 9.74. The molecule has 0 unspecified atom stereocenters. The lowest BCUT2D eigenvalue weighted by Crippen LogP contribution is -2.27. The number of nitrogens with one attached hydrogen (secondary N) is 2. The standard InChI is InChI=1S/C14H17N5O6S2/c1-14(2,3)11(20)15-12-16-17-13(26-12)27(23,24)18-9-7-8(19(21)22)5-6-10(9)25-4/h5-7,18H,1-4H3,(H,15,16,20). The smallest absolute Gasteiger partial charge is 0.291 e. The van der Waals surface area contributed by atoms with Crippen LogP contribution in [0.3, 0.4) is 0 Å². The second-order valence-electron chi connectivity index (χ2n) is 6.32. The Bertz CT molecular complexity index is 980. The van der Waals surface area contributed by atoms with E-state index in [0.717, 1.165) is 6.07 Å². The van der Waals surface area contributed by atoms with Gasteiger partial charge in [-0.2, -0.15) is 8.42 Å². The number of amides is 1. The number of sulfonamides is 1. The van der Waals surface area contributed by atoms with E-state index < -0.39 is 24.7 Å². The molecule has 0 aliphatic carbocycles. The number of hydrogen-bond donors (Lipinski definition) is 2. The number of anilines is 2. The fourth-order valence-electron chi connectivity index (χ4n) is 1.73. The van der Waals surface area contributed by atoms with Gasteiger partial charge in [0.2, 0.25) is 11.0 Å². The Morgan fingerprint density at radius 1 is 1.30 bits per heavy atom. The Balaban J connectivity index is 2.29. The fourth-order valence-corrected chi connectivity index (χ4v) is 3.69. The predicted octanol–water partition coefficient (Wildman–Crippen LogP) is 2.24. The molecule has 0 saturated carbocycles. The molecule has 0 radical (unpaired) electrons. The van der Waals surface area contributed by atoms with Crippen molar-refractivity contribution in [2.45, 2.75) is 25.1 Å². The number of methoxy groups -OCH3 is 1. The van der Waals surface area contributed by atoms with Crippen LogP contribution in [0.1, 0.15) is 20.8 Å². The number of aromatic nitrogens is 2. The molecule has 0 aliphatic rings. The zero-order valence-corrected chi connectivity index (χ0v) is 16.5. The Hall–Kier alpha value is -2.80. The van der Waals surface area contributed by atoms with Gasteiger partial charge in [0, 0.05) is 17.5 Å². The topological polar surface area (TPSA) is 153 Å². The van der Waals surface area contributed by atoms with E-state index >= 15 is 0 Å². The summed E-state index contributed by atoms with van der Waals surface area (Å²) in [7, 11) is -2.90. The van der Waals surface area contributed by atoms with E-state index in [1.165, 1.54) is 19.2 Å². The normalized spacial score (nSPS) is 11.7. The van der Waals surface area contributed by atoms with Crippen molar-refractivity contribution in [1.29, 1.82) is 0 Å². The highest BCUT2D eigenvalue weighted by molar-refractivity contribution is 7.94. The molecular weight excluding hydrogens is 398 g/mol. The van der Waals surface area contributed by atoms with Crippen molar-refractivity contribution in [2.24, 2.45) is 5.41 Å². The molecule has 13 heteroatoms. The number of rotatable bonds is 6. The first-order valence-electron chi connectivity index (χ1n) is 7.44. The summed E-state index contributed by atoms with van der Waals surface area (Å²) >= 11 is 0.648. The Labute approximate surface area is 159 Å². The molecule has 0 atom stereocenters. The highest BCUT2D eigenvalue weighted by Gasteiger charge is 2.26. The van der Waals surface area contributed by atoms with Crippen LogP contribution < -0.4 is 14.8 Å². The fraction of sp³-hybridized carbons (Fsp3) is 0.357. The van der Waals surface area contributed by atoms with Crippen LogP contribution in [-0.4, -0.2) is 36.6 Å². The summed E-state index contributed by atoms with van der Waals surface area (Å²) in [5.41, 5.74) is -1.13. The number of carbonyl (C=O) groups is 1. The minimum absolute atomic E-state index is 0.0151. The van der Waals surface area contributed by atoms with E-state index in [4.69, 9.17) is 4.74 Å². The molecule has 2 aromatic rings. The number of nitrogens with zero attached hydrogens (tertiary/aromatic N) is 3. The minimum atomic E-state index is -4.20. The molecule has 1 aromatic carbocycles. The van der Waals surface area contributed by atoms with Gasteiger partial charge in [0.25, 0.3) is 20.1 Å². The van der Waals surface area contributed by atoms with Crippen LogP contribution in [0.2, 0.25) is 0 Å². The van der Waals surface area contributed by atoms with Crippen LogP contribution >= 0.6 is 11.3 Å². The van der Waals surface area contributed by atoms with Gasteiger partial charge in [0.05, 0.1) is 17.7 Å². The van der Waals surface area contributed by atoms with E-state index in [0.29, 0.717) is 11.3 Å². The highest BCUT2D eigenvalue weighted by Crippen LogP contribution is 2.32. The monoisotopic (exact) mass is 415 g/mol. The van der Waals surface area contributed by atoms with Gasteiger partial charge in [-0.15, -0.1) is 10.2 Å². The minimum Gasteiger partial charge on any atom is -0.495 e. The van der Waals surface area contributed by atoms with Crippen molar-refractivity contribution in [3.8, 4) is 5.75 Å². The first kappa shape index (κ1) is 20.5. The first-order chi connectivity index (χ1) is 12.4. The van der Waals surface area contributed by atoms with Crippen LogP contribution in [0.15, 0.2) is 22.5 Å². The molecule has 0 saturated heterocycles. The molecule has 0 bridgehead atoms. The maximum Gasteiger partial charge on any atom is 0.291 e. The Morgan fingerprint density at radius 3 is 2.52 bits per heavy atom. The van der Waals surface area contributed by atoms with Gasteiger partial charge >= 0.3 is 0 Å². The lowest BCUT2D eigenvalue weighted by Gasteiger charge is -2.15. The second kappa shape index (κ2) is 7.44. The van der Waals surface area contributed by atoms with Crippen molar-refractivity contribution in [1.82, 2.24) is 10.2 Å². The quantitative estimate of drug-likeness (QED) is 0.414. The van der Waals surface area contributed by atoms with E-state index in [1.807, 2.05) is 0 Å². The third-order valence-corrected chi connectivity index (χ3v) is 5.75. The maximum atomic E-state index is 12.5. The Kier molecular flexibility index (Phi) is 5.65. The summed E-state index contributed by atoms with van der Waals surface area (Å²) in [6.07, 6.45) is 0. The molecule has 11 nitrogen and oxygen atoms in total. The lowest BCUT2D eigenvalue weighted by molar-refractivity contribution is -0.384. The molecule has 0 aliphatic heterocycles. The van der Waals surface area contributed by atoms with Crippen LogP contribution in [0.5, 0.6) is 5.75 Å². The van der Waals surface area contributed by atoms with Crippen LogP contribution in [0, 0.1) is 15.5 Å². The largest absolute Gasteiger partial charge is 0.495 e. The summed E-state index contributed by atoms with van der Waals surface area (Å²) in [5.74, 6) is -0.258. The number of carbonyl (C=O) groups excluding carboxylic acids is 1. The van der Waals surface area contributed by atoms with Crippen molar-refractivity contribution in [3.63, 3.8) is 0 Å². The van der Waals surface area contributed by atoms with E-state index in [-0.39, 0.29) is 28.2 Å². The van der Waals surface area contributed by atoms with E-state index in [1.54, 1.807) is 20.8 Å². The predicted molar refractivity (Wildman–Crippen MR) is 98.5 cm³/mol. The van der Waals surface area contributed by atoms with Crippen molar-refractivity contribution in [2.75, 3.05) is 17.1 Å². The Morgan fingerprint density at radius 2 is 1.96 bits per heavy atom. The molecule has 2 N–H and O–H groups in total. The summed E-state index contributed by atoms with van der Waals surface area (Å²) in [4.78, 5) is 22.2. The molecule has 1 amide bonds. The van der Waals surface area contributed by atoms with Crippen LogP contribution in [0.25, 0.3) is 0 Å². The number of benzene rings is 1. The number of ether oxygens (including phenoxy) is 1. The summed E-state index contributed by atoms with van der Waals surface area (Å²) < 4.78 is 31.8. The molecule has 2 rings (SSSR count). The third-order valence-electron chi connectivity index (χ3n) is 3.18. The molecule has 0 spiro atoms. The number of hydrogen-bond acceptors (Lipinski definition) is 9. The number of nitro groups is 1. The van der Waals surface area contributed by atoms with E-state index in [2.05, 4.69) is 20.2 Å². The SMILES string of the molecule is COc1ccc([N+](=O)[O-])cc1NS(=O)(=O)c1nnc(NC(=O)C(C)(C)C)s1. The van der Waals surface area contributed by atoms with Crippen molar-refractivity contribution in [3.05, 3.63) is 28.3 Å². The van der Waals surface area contributed by atoms with Gasteiger partial charge in [-0.3, -0.25) is 19.6 Å². The van der Waals surface area contributed by atoms with Gasteiger partial charge in [-0.05, 0) is 6.07 Å². The highest BCUT2D eigenvalue weighted by atomic mass is 32.2. The van der Waals surface area contributed by atoms with Crippen LogP contribution in [0.4, 0.5) is 16.5 Å². The molecule has 27 heavy (non-hydrogen) atoms. The van der Waals surface area contributed by atoms with Crippen molar-refractivity contribution < 1.29 is 22.9 Å². The average molecular weight is 415 g/mol. The van der Waals surface area contributed by atoms with Gasteiger partial charge in [-0.1, -0.05) is 32.1 Å². The molecule has 1 aromatic heterocycles. The maximum absolute atomic E-state index is 12.5.